The summed E-state index contributed by atoms with van der Waals surface area (Å²) >= 11 is 1.29. The molecular formula is C22H24N2O6S. The molecule has 0 spiro atoms. The van der Waals surface area contributed by atoms with Gasteiger partial charge < -0.3 is 23.5 Å². The van der Waals surface area contributed by atoms with Crippen molar-refractivity contribution in [1.82, 2.24) is 4.57 Å². The molecule has 31 heavy (non-hydrogen) atoms. The van der Waals surface area contributed by atoms with Crippen LogP contribution >= 0.6 is 11.3 Å². The molecule has 0 aliphatic heterocycles. The van der Waals surface area contributed by atoms with E-state index in [9.17, 15) is 9.59 Å². The Kier molecular flexibility index (Phi) is 7.30. The SMILES string of the molecule is CCOc1ccc(CC(=O)N=c2sc3cc(OC)c(OC)cc3n2CC(=O)OC)cc1. The number of nitrogens with zero attached hydrogens (tertiary/aromatic N) is 2. The molecule has 1 heterocycles. The number of fused-ring (bicyclic) bond motifs is 1. The van der Waals surface area contributed by atoms with Crippen LogP contribution in [0.15, 0.2) is 41.4 Å². The second-order valence-electron chi connectivity index (χ2n) is 6.48. The molecular weight excluding hydrogens is 420 g/mol. The first kappa shape index (κ1) is 22.4. The van der Waals surface area contributed by atoms with Gasteiger partial charge in [-0.25, -0.2) is 0 Å². The maximum absolute atomic E-state index is 12.7. The second-order valence-corrected chi connectivity index (χ2v) is 7.49. The first-order chi connectivity index (χ1) is 15.0. The highest BCUT2D eigenvalue weighted by molar-refractivity contribution is 7.16. The highest BCUT2D eigenvalue weighted by Crippen LogP contribution is 2.33. The van der Waals surface area contributed by atoms with Crippen molar-refractivity contribution in [2.45, 2.75) is 19.9 Å². The summed E-state index contributed by atoms with van der Waals surface area (Å²) in [4.78, 5) is 29.3. The Morgan fingerprint density at radius 1 is 1.03 bits per heavy atom. The van der Waals surface area contributed by atoms with Crippen LogP contribution in [0.3, 0.4) is 0 Å². The summed E-state index contributed by atoms with van der Waals surface area (Å²) in [5.74, 6) is 1.04. The molecule has 1 aromatic heterocycles. The summed E-state index contributed by atoms with van der Waals surface area (Å²) in [6, 6.07) is 10.9. The van der Waals surface area contributed by atoms with E-state index >= 15 is 0 Å². The number of aromatic nitrogens is 1. The average molecular weight is 445 g/mol. The van der Waals surface area contributed by atoms with E-state index in [0.29, 0.717) is 28.4 Å². The maximum Gasteiger partial charge on any atom is 0.325 e. The fourth-order valence-electron chi connectivity index (χ4n) is 3.02. The Bertz CT molecular complexity index is 1150. The number of benzene rings is 2. The lowest BCUT2D eigenvalue weighted by Gasteiger charge is -2.09. The minimum atomic E-state index is -0.449. The van der Waals surface area contributed by atoms with E-state index in [1.54, 1.807) is 23.8 Å². The molecule has 1 amide bonds. The summed E-state index contributed by atoms with van der Waals surface area (Å²) in [7, 11) is 4.40. The molecule has 0 saturated carbocycles. The van der Waals surface area contributed by atoms with Crippen molar-refractivity contribution in [3.8, 4) is 17.2 Å². The zero-order valence-electron chi connectivity index (χ0n) is 17.8. The second kappa shape index (κ2) is 10.1. The predicted octanol–water partition coefficient (Wildman–Crippen LogP) is 2.96. The minimum absolute atomic E-state index is 0.0822. The highest BCUT2D eigenvalue weighted by Gasteiger charge is 2.16. The lowest BCUT2D eigenvalue weighted by molar-refractivity contribution is -0.141. The van der Waals surface area contributed by atoms with Gasteiger partial charge in [0.2, 0.25) is 0 Å². The first-order valence-electron chi connectivity index (χ1n) is 9.60. The normalized spacial score (nSPS) is 11.4. The Labute approximate surface area is 183 Å². The van der Waals surface area contributed by atoms with E-state index in [-0.39, 0.29) is 18.9 Å². The van der Waals surface area contributed by atoms with Crippen molar-refractivity contribution >= 4 is 33.4 Å². The van der Waals surface area contributed by atoms with Crippen LogP contribution in [-0.2, 0) is 27.3 Å². The van der Waals surface area contributed by atoms with Crippen molar-refractivity contribution < 1.29 is 28.5 Å². The monoisotopic (exact) mass is 444 g/mol. The van der Waals surface area contributed by atoms with Crippen LogP contribution in [-0.4, -0.2) is 44.4 Å². The third-order valence-corrected chi connectivity index (χ3v) is 5.55. The smallest absolute Gasteiger partial charge is 0.325 e. The average Bonchev–Trinajstić information content (AvgIpc) is 3.09. The summed E-state index contributed by atoms with van der Waals surface area (Å²) in [6.45, 7) is 2.41. The summed E-state index contributed by atoms with van der Waals surface area (Å²) in [6.07, 6.45) is 0.130. The topological polar surface area (TPSA) is 88.4 Å². The van der Waals surface area contributed by atoms with Crippen LogP contribution in [0, 0.1) is 0 Å². The number of hydrogen-bond acceptors (Lipinski definition) is 7. The largest absolute Gasteiger partial charge is 0.494 e. The molecule has 0 atom stereocenters. The number of ether oxygens (including phenoxy) is 4. The number of esters is 1. The molecule has 0 aliphatic rings. The Morgan fingerprint density at radius 2 is 1.71 bits per heavy atom. The van der Waals surface area contributed by atoms with Crippen LogP contribution in [0.4, 0.5) is 0 Å². The molecule has 8 nitrogen and oxygen atoms in total. The summed E-state index contributed by atoms with van der Waals surface area (Å²) < 4.78 is 23.4. The summed E-state index contributed by atoms with van der Waals surface area (Å²) in [5, 5.41) is 0. The standard InChI is InChI=1S/C22H24N2O6S/c1-5-30-15-8-6-14(7-9-15)10-20(25)23-22-24(13-21(26)29-4)16-11-17(27-2)18(28-3)12-19(16)31-22/h6-9,11-12H,5,10,13H2,1-4H3. The fourth-order valence-corrected chi connectivity index (χ4v) is 4.08. The van der Waals surface area contributed by atoms with Gasteiger partial charge in [-0.2, -0.15) is 4.99 Å². The van der Waals surface area contributed by atoms with Crippen molar-refractivity contribution in [2.24, 2.45) is 4.99 Å². The zero-order chi connectivity index (χ0) is 22.4. The van der Waals surface area contributed by atoms with Gasteiger partial charge in [-0.05, 0) is 24.6 Å². The Balaban J connectivity index is 1.99. The van der Waals surface area contributed by atoms with Gasteiger partial charge in [0.25, 0.3) is 5.91 Å². The molecule has 3 aromatic rings. The van der Waals surface area contributed by atoms with E-state index in [2.05, 4.69) is 4.99 Å². The van der Waals surface area contributed by atoms with Crippen molar-refractivity contribution in [3.05, 3.63) is 46.8 Å². The number of methoxy groups -OCH3 is 3. The van der Waals surface area contributed by atoms with E-state index in [1.165, 1.54) is 25.6 Å². The minimum Gasteiger partial charge on any atom is -0.494 e. The van der Waals surface area contributed by atoms with Gasteiger partial charge >= 0.3 is 5.97 Å². The third kappa shape index (κ3) is 5.24. The molecule has 0 bridgehead atoms. The van der Waals surface area contributed by atoms with Crippen LogP contribution in [0.25, 0.3) is 10.2 Å². The Hall–Kier alpha value is -3.33. The zero-order valence-corrected chi connectivity index (χ0v) is 18.7. The number of thiazole rings is 1. The Morgan fingerprint density at radius 3 is 2.32 bits per heavy atom. The number of carbonyl (C=O) groups is 2. The molecule has 9 heteroatoms. The van der Waals surface area contributed by atoms with Crippen molar-refractivity contribution in [1.29, 1.82) is 0 Å². The fraction of sp³-hybridized carbons (Fsp3) is 0.318. The molecule has 0 fully saturated rings. The molecule has 164 valence electrons. The third-order valence-electron chi connectivity index (χ3n) is 4.51. The maximum atomic E-state index is 12.7. The first-order valence-corrected chi connectivity index (χ1v) is 10.4. The van der Waals surface area contributed by atoms with Gasteiger partial charge in [-0.1, -0.05) is 23.5 Å². The molecule has 0 saturated heterocycles. The van der Waals surface area contributed by atoms with E-state index < -0.39 is 5.97 Å². The van der Waals surface area contributed by atoms with Crippen LogP contribution in [0.5, 0.6) is 17.2 Å². The van der Waals surface area contributed by atoms with Crippen LogP contribution in [0.1, 0.15) is 12.5 Å². The number of carbonyl (C=O) groups excluding carboxylic acids is 2. The number of hydrogen-bond donors (Lipinski definition) is 0. The van der Waals surface area contributed by atoms with Crippen LogP contribution in [0.2, 0.25) is 0 Å². The van der Waals surface area contributed by atoms with E-state index in [4.69, 9.17) is 18.9 Å². The molecule has 0 radical (unpaired) electrons. The molecule has 0 unspecified atom stereocenters. The van der Waals surface area contributed by atoms with Crippen molar-refractivity contribution in [2.75, 3.05) is 27.9 Å². The van der Waals surface area contributed by atoms with Crippen molar-refractivity contribution in [3.63, 3.8) is 0 Å². The molecule has 2 aromatic carbocycles. The quantitative estimate of drug-likeness (QED) is 0.497. The lowest BCUT2D eigenvalue weighted by Crippen LogP contribution is -2.22. The van der Waals surface area contributed by atoms with Gasteiger partial charge in [0.1, 0.15) is 12.3 Å². The van der Waals surface area contributed by atoms with Gasteiger partial charge in [0, 0.05) is 12.1 Å². The van der Waals surface area contributed by atoms with Gasteiger partial charge in [-0.3, -0.25) is 9.59 Å². The van der Waals surface area contributed by atoms with E-state index in [0.717, 1.165) is 16.0 Å². The summed E-state index contributed by atoms with van der Waals surface area (Å²) in [5.41, 5.74) is 1.52. The number of rotatable bonds is 8. The van der Waals surface area contributed by atoms with Gasteiger partial charge in [0.05, 0.1) is 44.6 Å². The van der Waals surface area contributed by atoms with Gasteiger partial charge in [-0.15, -0.1) is 0 Å². The van der Waals surface area contributed by atoms with E-state index in [1.807, 2.05) is 31.2 Å². The van der Waals surface area contributed by atoms with Crippen LogP contribution < -0.4 is 19.0 Å². The van der Waals surface area contributed by atoms with Gasteiger partial charge in [0.15, 0.2) is 16.3 Å². The molecule has 3 rings (SSSR count). The molecule has 0 N–H and O–H groups in total. The highest BCUT2D eigenvalue weighted by atomic mass is 32.1. The molecule has 0 aliphatic carbocycles. The predicted molar refractivity (Wildman–Crippen MR) is 117 cm³/mol. The number of amides is 1. The lowest BCUT2D eigenvalue weighted by atomic mass is 10.1.